The van der Waals surface area contributed by atoms with Crippen LogP contribution in [-0.2, 0) is 11.2 Å². The number of nitrogens with zero attached hydrogens (tertiary/aromatic N) is 3. The highest BCUT2D eigenvalue weighted by Gasteiger charge is 2.25. The zero-order chi connectivity index (χ0) is 17.5. The summed E-state index contributed by atoms with van der Waals surface area (Å²) in [5.41, 5.74) is 1.13. The standard InChI is InChI=1S/C17H29N5OS/c1-5-15(23)22-9-7-13(10-22)21-17(18-4)19-8-6-14-11-24-16(20-14)12(2)3/h11-13H,5-10H2,1-4H3,(H2,18,19,21). The van der Waals surface area contributed by atoms with Crippen LogP contribution in [0.4, 0.5) is 0 Å². The molecular weight excluding hydrogens is 322 g/mol. The van der Waals surface area contributed by atoms with E-state index in [4.69, 9.17) is 0 Å². The molecule has 0 aliphatic carbocycles. The number of likely N-dealkylation sites (tertiary alicyclic amines) is 1. The summed E-state index contributed by atoms with van der Waals surface area (Å²) in [6, 6.07) is 0.276. The van der Waals surface area contributed by atoms with Gasteiger partial charge in [-0.25, -0.2) is 4.98 Å². The van der Waals surface area contributed by atoms with E-state index in [1.54, 1.807) is 18.4 Å². The van der Waals surface area contributed by atoms with Gasteiger partial charge in [-0.1, -0.05) is 20.8 Å². The number of carbonyl (C=O) groups is 1. The van der Waals surface area contributed by atoms with Gasteiger partial charge in [-0.3, -0.25) is 9.79 Å². The van der Waals surface area contributed by atoms with Crippen molar-refractivity contribution in [2.45, 2.75) is 52.0 Å². The summed E-state index contributed by atoms with van der Waals surface area (Å²) in [5, 5.41) is 10.1. The Labute approximate surface area is 148 Å². The van der Waals surface area contributed by atoms with E-state index < -0.39 is 0 Å². The van der Waals surface area contributed by atoms with Crippen LogP contribution < -0.4 is 10.6 Å². The third kappa shape index (κ3) is 5.19. The first-order valence-corrected chi connectivity index (χ1v) is 9.60. The van der Waals surface area contributed by atoms with Crippen LogP contribution >= 0.6 is 11.3 Å². The van der Waals surface area contributed by atoms with Crippen molar-refractivity contribution in [1.29, 1.82) is 0 Å². The first-order valence-electron chi connectivity index (χ1n) is 8.72. The predicted molar refractivity (Wildman–Crippen MR) is 99.7 cm³/mol. The van der Waals surface area contributed by atoms with Gasteiger partial charge in [0.15, 0.2) is 5.96 Å². The lowest BCUT2D eigenvalue weighted by molar-refractivity contribution is -0.129. The maximum Gasteiger partial charge on any atom is 0.222 e. The van der Waals surface area contributed by atoms with Gasteiger partial charge < -0.3 is 15.5 Å². The number of aliphatic imine (C=N–C) groups is 1. The van der Waals surface area contributed by atoms with E-state index >= 15 is 0 Å². The summed E-state index contributed by atoms with van der Waals surface area (Å²) < 4.78 is 0. The molecule has 7 heteroatoms. The molecule has 2 heterocycles. The number of hydrogen-bond acceptors (Lipinski definition) is 4. The average molecular weight is 352 g/mol. The molecule has 1 aromatic heterocycles. The fraction of sp³-hybridized carbons (Fsp3) is 0.706. The fourth-order valence-corrected chi connectivity index (χ4v) is 3.60. The molecule has 1 aliphatic heterocycles. The zero-order valence-corrected chi connectivity index (χ0v) is 15.9. The zero-order valence-electron chi connectivity index (χ0n) is 15.1. The Hall–Kier alpha value is -1.63. The summed E-state index contributed by atoms with van der Waals surface area (Å²) in [5.74, 6) is 1.51. The monoisotopic (exact) mass is 351 g/mol. The molecule has 1 aromatic rings. The highest BCUT2D eigenvalue weighted by molar-refractivity contribution is 7.09. The second kappa shape index (κ2) is 9.01. The van der Waals surface area contributed by atoms with Crippen molar-refractivity contribution in [3.05, 3.63) is 16.1 Å². The summed E-state index contributed by atoms with van der Waals surface area (Å²) in [6.07, 6.45) is 2.43. The highest BCUT2D eigenvalue weighted by atomic mass is 32.1. The van der Waals surface area contributed by atoms with Crippen LogP contribution in [0.1, 0.15) is 50.2 Å². The molecule has 1 unspecified atom stereocenters. The van der Waals surface area contributed by atoms with E-state index in [0.717, 1.165) is 44.1 Å². The summed E-state index contributed by atoms with van der Waals surface area (Å²) in [6.45, 7) is 8.63. The van der Waals surface area contributed by atoms with Gasteiger partial charge in [-0.2, -0.15) is 0 Å². The molecule has 1 atom stereocenters. The topological polar surface area (TPSA) is 69.6 Å². The summed E-state index contributed by atoms with van der Waals surface area (Å²) in [4.78, 5) is 22.6. The minimum Gasteiger partial charge on any atom is -0.356 e. The number of carbonyl (C=O) groups excluding carboxylic acids is 1. The van der Waals surface area contributed by atoms with Gasteiger partial charge in [0, 0.05) is 56.9 Å². The third-order valence-electron chi connectivity index (χ3n) is 4.14. The van der Waals surface area contributed by atoms with Crippen LogP contribution in [0.25, 0.3) is 0 Å². The first-order chi connectivity index (χ1) is 11.5. The number of rotatable bonds is 6. The average Bonchev–Trinajstić information content (AvgIpc) is 3.22. The number of amides is 1. The molecule has 0 aromatic carbocycles. The number of hydrogen-bond donors (Lipinski definition) is 2. The molecule has 1 amide bonds. The number of aromatic nitrogens is 1. The molecule has 1 aliphatic rings. The molecule has 0 spiro atoms. The predicted octanol–water partition coefficient (Wildman–Crippen LogP) is 1.98. The molecular formula is C17H29N5OS. The minimum atomic E-state index is 0.228. The SMILES string of the molecule is CCC(=O)N1CCC(NC(=NC)NCCc2csc(C(C)C)n2)C1. The molecule has 0 saturated carbocycles. The largest absolute Gasteiger partial charge is 0.356 e. The number of nitrogens with one attached hydrogen (secondary N) is 2. The van der Waals surface area contributed by atoms with Crippen molar-refractivity contribution in [3.63, 3.8) is 0 Å². The van der Waals surface area contributed by atoms with Crippen molar-refractivity contribution < 1.29 is 4.79 Å². The lowest BCUT2D eigenvalue weighted by Gasteiger charge is -2.18. The summed E-state index contributed by atoms with van der Waals surface area (Å²) >= 11 is 1.73. The Kier molecular flexibility index (Phi) is 7.02. The van der Waals surface area contributed by atoms with Crippen molar-refractivity contribution in [2.24, 2.45) is 4.99 Å². The number of thiazole rings is 1. The van der Waals surface area contributed by atoms with Crippen molar-refractivity contribution in [1.82, 2.24) is 20.5 Å². The Morgan fingerprint density at radius 3 is 2.96 bits per heavy atom. The molecule has 24 heavy (non-hydrogen) atoms. The van der Waals surface area contributed by atoms with Crippen molar-refractivity contribution in [2.75, 3.05) is 26.7 Å². The second-order valence-electron chi connectivity index (χ2n) is 6.40. The van der Waals surface area contributed by atoms with Crippen LogP contribution in [0.3, 0.4) is 0 Å². The van der Waals surface area contributed by atoms with Crippen molar-refractivity contribution in [3.8, 4) is 0 Å². The molecule has 134 valence electrons. The van der Waals surface area contributed by atoms with Crippen LogP contribution in [0.5, 0.6) is 0 Å². The van der Waals surface area contributed by atoms with Gasteiger partial charge in [0.05, 0.1) is 10.7 Å². The first kappa shape index (κ1) is 18.7. The van der Waals surface area contributed by atoms with Gasteiger partial charge in [0.2, 0.25) is 5.91 Å². The molecule has 1 saturated heterocycles. The normalized spacial score (nSPS) is 18.3. The van der Waals surface area contributed by atoms with E-state index in [2.05, 4.69) is 39.8 Å². The summed E-state index contributed by atoms with van der Waals surface area (Å²) in [7, 11) is 1.78. The van der Waals surface area contributed by atoms with Crippen LogP contribution in [0.15, 0.2) is 10.4 Å². The van der Waals surface area contributed by atoms with Crippen molar-refractivity contribution >= 4 is 23.2 Å². The van der Waals surface area contributed by atoms with E-state index in [0.29, 0.717) is 12.3 Å². The van der Waals surface area contributed by atoms with E-state index in [1.165, 1.54) is 5.01 Å². The highest BCUT2D eigenvalue weighted by Crippen LogP contribution is 2.19. The van der Waals surface area contributed by atoms with Crippen LogP contribution in [0, 0.1) is 0 Å². The van der Waals surface area contributed by atoms with Gasteiger partial charge in [-0.05, 0) is 6.42 Å². The Morgan fingerprint density at radius 2 is 2.33 bits per heavy atom. The Morgan fingerprint density at radius 1 is 1.54 bits per heavy atom. The minimum absolute atomic E-state index is 0.228. The lowest BCUT2D eigenvalue weighted by atomic mass is 10.2. The lowest BCUT2D eigenvalue weighted by Crippen LogP contribution is -2.45. The van der Waals surface area contributed by atoms with E-state index in [1.807, 2.05) is 11.8 Å². The molecule has 2 rings (SSSR count). The maximum atomic E-state index is 11.7. The second-order valence-corrected chi connectivity index (χ2v) is 7.29. The molecule has 0 bridgehead atoms. The van der Waals surface area contributed by atoms with Gasteiger partial charge >= 0.3 is 0 Å². The molecule has 2 N–H and O–H groups in total. The van der Waals surface area contributed by atoms with E-state index in [9.17, 15) is 4.79 Å². The Balaban J connectivity index is 1.74. The van der Waals surface area contributed by atoms with Crippen LogP contribution in [0.2, 0.25) is 0 Å². The maximum absolute atomic E-state index is 11.7. The molecule has 1 fully saturated rings. The van der Waals surface area contributed by atoms with Crippen LogP contribution in [-0.4, -0.2) is 54.5 Å². The Bertz CT molecular complexity index is 569. The smallest absolute Gasteiger partial charge is 0.222 e. The fourth-order valence-electron chi connectivity index (χ4n) is 2.73. The van der Waals surface area contributed by atoms with Gasteiger partial charge in [0.1, 0.15) is 0 Å². The van der Waals surface area contributed by atoms with E-state index in [-0.39, 0.29) is 11.9 Å². The van der Waals surface area contributed by atoms with Gasteiger partial charge in [-0.15, -0.1) is 11.3 Å². The number of guanidine groups is 1. The van der Waals surface area contributed by atoms with Gasteiger partial charge in [0.25, 0.3) is 0 Å². The molecule has 6 nitrogen and oxygen atoms in total. The molecule has 0 radical (unpaired) electrons. The third-order valence-corrected chi connectivity index (χ3v) is 5.34. The quantitative estimate of drug-likeness (QED) is 0.607.